The number of nitrogens with zero attached hydrogens (tertiary/aromatic N) is 1. The largest absolute Gasteiger partial charge is 0.493 e. The molecule has 2 aromatic rings. The predicted octanol–water partition coefficient (Wildman–Crippen LogP) is 5.47. The fraction of sp³-hybridized carbons (Fsp3) is 0.556. The second kappa shape index (κ2) is 10.3. The maximum absolute atomic E-state index is 12.2. The summed E-state index contributed by atoms with van der Waals surface area (Å²) in [6, 6.07) is 17.4. The first-order chi connectivity index (χ1) is 15.5. The summed E-state index contributed by atoms with van der Waals surface area (Å²) >= 11 is 0. The quantitative estimate of drug-likeness (QED) is 0.476. The van der Waals surface area contributed by atoms with E-state index in [9.17, 15) is 8.42 Å². The lowest BCUT2D eigenvalue weighted by Crippen LogP contribution is -2.50. The van der Waals surface area contributed by atoms with E-state index in [1.165, 1.54) is 36.1 Å². The lowest BCUT2D eigenvalue weighted by atomic mass is 9.77. The molecule has 0 spiro atoms. The maximum Gasteiger partial charge on any atom is 0.150 e. The Bertz CT molecular complexity index is 983. The molecule has 2 atom stereocenters. The zero-order valence-electron chi connectivity index (χ0n) is 19.5. The molecule has 0 aromatic heterocycles. The normalized spacial score (nSPS) is 21.0. The molecule has 32 heavy (non-hydrogen) atoms. The minimum atomic E-state index is -2.92. The van der Waals surface area contributed by atoms with Gasteiger partial charge in [0.2, 0.25) is 0 Å². The second-order valence-electron chi connectivity index (χ2n) is 9.62. The van der Waals surface area contributed by atoms with Crippen molar-refractivity contribution >= 4 is 15.5 Å². The number of hydrogen-bond donors (Lipinski definition) is 0. The molecule has 2 aromatic carbocycles. The molecule has 2 heterocycles. The SMILES string of the molecule is CCCCC1COc2ccc(N3CC(CS(=O)(=O)CCC)C3)cc2C1Cc1ccccc1. The number of sulfone groups is 1. The third kappa shape index (κ3) is 5.48. The van der Waals surface area contributed by atoms with E-state index in [2.05, 4.69) is 60.4 Å². The fourth-order valence-corrected chi connectivity index (χ4v) is 6.97. The van der Waals surface area contributed by atoms with E-state index in [4.69, 9.17) is 4.74 Å². The molecule has 174 valence electrons. The number of unbranched alkanes of at least 4 members (excludes halogenated alkanes) is 1. The zero-order chi connectivity index (χ0) is 22.6. The van der Waals surface area contributed by atoms with Crippen molar-refractivity contribution in [3.63, 3.8) is 0 Å². The molecule has 0 amide bonds. The molecule has 4 rings (SSSR count). The van der Waals surface area contributed by atoms with Crippen LogP contribution < -0.4 is 9.64 Å². The van der Waals surface area contributed by atoms with E-state index < -0.39 is 9.84 Å². The monoisotopic (exact) mass is 455 g/mol. The Kier molecular flexibility index (Phi) is 7.44. The topological polar surface area (TPSA) is 46.6 Å². The van der Waals surface area contributed by atoms with Gasteiger partial charge < -0.3 is 9.64 Å². The molecule has 1 saturated heterocycles. The second-order valence-corrected chi connectivity index (χ2v) is 11.8. The Balaban J connectivity index is 1.51. The standard InChI is InChI=1S/C27H37NO3S/c1-3-5-11-23-19-31-27-13-12-24(28-17-22(18-28)20-32(29,30)14-4-2)16-26(27)25(23)15-21-9-7-6-8-10-21/h6-10,12-13,16,22-23,25H,3-5,11,14-15,17-20H2,1-2H3. The predicted molar refractivity (Wildman–Crippen MR) is 132 cm³/mol. The van der Waals surface area contributed by atoms with Crippen LogP contribution >= 0.6 is 0 Å². The Morgan fingerprint density at radius 1 is 1.03 bits per heavy atom. The summed E-state index contributed by atoms with van der Waals surface area (Å²) in [5.74, 6) is 2.87. The van der Waals surface area contributed by atoms with Crippen LogP contribution in [0.15, 0.2) is 48.5 Å². The van der Waals surface area contributed by atoms with Crippen molar-refractivity contribution in [2.75, 3.05) is 36.1 Å². The molecule has 0 bridgehead atoms. The van der Waals surface area contributed by atoms with Crippen LogP contribution in [0.5, 0.6) is 5.75 Å². The molecule has 4 nitrogen and oxygen atoms in total. The Labute approximate surface area is 193 Å². The van der Waals surface area contributed by atoms with Crippen LogP contribution in [0.4, 0.5) is 5.69 Å². The summed E-state index contributed by atoms with van der Waals surface area (Å²) in [5, 5.41) is 0. The molecule has 0 saturated carbocycles. The smallest absolute Gasteiger partial charge is 0.150 e. The molecular formula is C27H37NO3S. The minimum absolute atomic E-state index is 0.247. The highest BCUT2D eigenvalue weighted by molar-refractivity contribution is 7.91. The van der Waals surface area contributed by atoms with Gasteiger partial charge in [0.25, 0.3) is 0 Å². The summed E-state index contributed by atoms with van der Waals surface area (Å²) in [5.41, 5.74) is 3.90. The van der Waals surface area contributed by atoms with Crippen LogP contribution in [0.3, 0.4) is 0 Å². The Hall–Kier alpha value is -2.01. The number of benzene rings is 2. The van der Waals surface area contributed by atoms with Crippen LogP contribution in [0.1, 0.15) is 56.6 Å². The van der Waals surface area contributed by atoms with Crippen molar-refractivity contribution in [3.8, 4) is 5.75 Å². The molecule has 0 radical (unpaired) electrons. The van der Waals surface area contributed by atoms with Crippen LogP contribution in [-0.2, 0) is 16.3 Å². The van der Waals surface area contributed by atoms with Crippen molar-refractivity contribution in [2.24, 2.45) is 11.8 Å². The third-order valence-electron chi connectivity index (χ3n) is 6.97. The van der Waals surface area contributed by atoms with Gasteiger partial charge in [-0.25, -0.2) is 8.42 Å². The number of fused-ring (bicyclic) bond motifs is 1. The van der Waals surface area contributed by atoms with Gasteiger partial charge in [0.15, 0.2) is 9.84 Å². The van der Waals surface area contributed by atoms with Crippen LogP contribution in [0, 0.1) is 11.8 Å². The number of hydrogen-bond acceptors (Lipinski definition) is 4. The van der Waals surface area contributed by atoms with Gasteiger partial charge in [0, 0.05) is 36.4 Å². The molecule has 0 N–H and O–H groups in total. The molecule has 2 aliphatic heterocycles. The summed E-state index contributed by atoms with van der Waals surface area (Å²) in [6.45, 7) is 6.63. The van der Waals surface area contributed by atoms with Gasteiger partial charge in [-0.3, -0.25) is 0 Å². The average molecular weight is 456 g/mol. The molecule has 5 heteroatoms. The van der Waals surface area contributed by atoms with E-state index in [0.29, 0.717) is 29.8 Å². The molecule has 2 aliphatic rings. The summed E-state index contributed by atoms with van der Waals surface area (Å²) in [6.07, 6.45) is 5.36. The van der Waals surface area contributed by atoms with E-state index in [1.54, 1.807) is 0 Å². The van der Waals surface area contributed by atoms with Crippen LogP contribution in [0.2, 0.25) is 0 Å². The highest BCUT2D eigenvalue weighted by atomic mass is 32.2. The Morgan fingerprint density at radius 3 is 2.53 bits per heavy atom. The van der Waals surface area contributed by atoms with Gasteiger partial charge in [-0.05, 0) is 54.5 Å². The van der Waals surface area contributed by atoms with E-state index in [-0.39, 0.29) is 5.92 Å². The Morgan fingerprint density at radius 2 is 1.81 bits per heavy atom. The van der Waals surface area contributed by atoms with Gasteiger partial charge >= 0.3 is 0 Å². The van der Waals surface area contributed by atoms with Gasteiger partial charge in [-0.15, -0.1) is 0 Å². The van der Waals surface area contributed by atoms with Crippen LogP contribution in [-0.4, -0.2) is 39.6 Å². The third-order valence-corrected chi connectivity index (χ3v) is 8.98. The minimum Gasteiger partial charge on any atom is -0.493 e. The number of anilines is 1. The molecule has 0 aliphatic carbocycles. The molecule has 1 fully saturated rings. The lowest BCUT2D eigenvalue weighted by Gasteiger charge is -2.42. The van der Waals surface area contributed by atoms with E-state index in [1.807, 2.05) is 6.92 Å². The van der Waals surface area contributed by atoms with Gasteiger partial charge in [0.05, 0.1) is 12.4 Å². The van der Waals surface area contributed by atoms with Crippen molar-refractivity contribution in [1.82, 2.24) is 0 Å². The summed E-state index contributed by atoms with van der Waals surface area (Å²) in [7, 11) is -2.92. The number of ether oxygens (including phenoxy) is 1. The van der Waals surface area contributed by atoms with Crippen molar-refractivity contribution in [1.29, 1.82) is 0 Å². The van der Waals surface area contributed by atoms with Gasteiger partial charge in [-0.2, -0.15) is 0 Å². The van der Waals surface area contributed by atoms with Gasteiger partial charge in [-0.1, -0.05) is 57.0 Å². The average Bonchev–Trinajstić information content (AvgIpc) is 2.76. The molecular weight excluding hydrogens is 418 g/mol. The van der Waals surface area contributed by atoms with Gasteiger partial charge in [0.1, 0.15) is 5.75 Å². The van der Waals surface area contributed by atoms with E-state index >= 15 is 0 Å². The maximum atomic E-state index is 12.2. The van der Waals surface area contributed by atoms with Crippen molar-refractivity contribution in [3.05, 3.63) is 59.7 Å². The van der Waals surface area contributed by atoms with Crippen molar-refractivity contribution < 1.29 is 13.2 Å². The summed E-state index contributed by atoms with van der Waals surface area (Å²) < 4.78 is 30.5. The first-order valence-corrected chi connectivity index (χ1v) is 14.1. The lowest BCUT2D eigenvalue weighted by molar-refractivity contribution is 0.181. The fourth-order valence-electron chi connectivity index (χ4n) is 5.26. The number of rotatable bonds is 10. The highest BCUT2D eigenvalue weighted by Gasteiger charge is 2.34. The molecule has 2 unspecified atom stereocenters. The van der Waals surface area contributed by atoms with E-state index in [0.717, 1.165) is 31.9 Å². The first kappa shape index (κ1) is 23.2. The zero-order valence-corrected chi connectivity index (χ0v) is 20.3. The van der Waals surface area contributed by atoms with Crippen LogP contribution in [0.25, 0.3) is 0 Å². The summed E-state index contributed by atoms with van der Waals surface area (Å²) in [4.78, 5) is 2.32. The highest BCUT2D eigenvalue weighted by Crippen LogP contribution is 2.43. The van der Waals surface area contributed by atoms with Crippen molar-refractivity contribution in [2.45, 2.75) is 51.9 Å². The first-order valence-electron chi connectivity index (χ1n) is 12.2.